The molecule has 4 aromatic rings. The summed E-state index contributed by atoms with van der Waals surface area (Å²) in [6, 6.07) is 14.6. The number of hydrogen-bond donors (Lipinski definition) is 1. The van der Waals surface area contributed by atoms with Crippen molar-refractivity contribution in [2.75, 3.05) is 7.11 Å². The van der Waals surface area contributed by atoms with Crippen molar-refractivity contribution in [3.05, 3.63) is 69.6 Å². The number of benzene rings is 2. The van der Waals surface area contributed by atoms with E-state index >= 15 is 0 Å². The monoisotopic (exact) mass is 366 g/mol. The van der Waals surface area contributed by atoms with Crippen LogP contribution in [0.25, 0.3) is 33.4 Å². The van der Waals surface area contributed by atoms with Crippen LogP contribution in [0.15, 0.2) is 57.8 Å². The van der Waals surface area contributed by atoms with Crippen molar-refractivity contribution in [3.8, 4) is 28.2 Å². The molecule has 0 aliphatic carbocycles. The second-order valence-electron chi connectivity index (χ2n) is 5.96. The van der Waals surface area contributed by atoms with Gasteiger partial charge in [0.1, 0.15) is 5.75 Å². The van der Waals surface area contributed by atoms with Crippen LogP contribution in [0, 0.1) is 6.92 Å². The molecule has 0 radical (unpaired) electrons. The Balaban J connectivity index is 2.16. The van der Waals surface area contributed by atoms with Crippen LogP contribution in [0.5, 0.6) is 5.75 Å². The number of pyridine rings is 1. The van der Waals surface area contributed by atoms with Crippen molar-refractivity contribution in [1.82, 2.24) is 10.1 Å². The third-order valence-corrected chi connectivity index (χ3v) is 4.44. The highest BCUT2D eigenvalue weighted by molar-refractivity contribution is 6.31. The Kier molecular flexibility index (Phi) is 4.01. The summed E-state index contributed by atoms with van der Waals surface area (Å²) in [5.41, 5.74) is 3.09. The minimum Gasteiger partial charge on any atom is -0.497 e. The highest BCUT2D eigenvalue weighted by Gasteiger charge is 2.20. The van der Waals surface area contributed by atoms with Gasteiger partial charge >= 0.3 is 0 Å². The predicted octanol–water partition coefficient (Wildman–Crippen LogP) is 4.82. The normalized spacial score (nSPS) is 11.0. The number of ether oxygens (including phenoxy) is 1. The number of halogens is 1. The molecule has 2 heterocycles. The molecule has 2 aromatic carbocycles. The molecule has 0 unspecified atom stereocenters. The summed E-state index contributed by atoms with van der Waals surface area (Å²) in [5, 5.41) is 5.31. The zero-order valence-corrected chi connectivity index (χ0v) is 14.9. The van der Waals surface area contributed by atoms with Crippen LogP contribution in [0.2, 0.25) is 5.02 Å². The zero-order chi connectivity index (χ0) is 18.3. The quantitative estimate of drug-likeness (QED) is 0.564. The van der Waals surface area contributed by atoms with Gasteiger partial charge in [0, 0.05) is 27.6 Å². The largest absolute Gasteiger partial charge is 0.497 e. The molecule has 0 aliphatic heterocycles. The van der Waals surface area contributed by atoms with E-state index in [9.17, 15) is 4.79 Å². The van der Waals surface area contributed by atoms with Crippen molar-refractivity contribution >= 4 is 22.5 Å². The Bertz CT molecular complexity index is 1180. The van der Waals surface area contributed by atoms with E-state index in [2.05, 4.69) is 10.1 Å². The molecular formula is C20H15ClN2O3. The van der Waals surface area contributed by atoms with E-state index in [1.54, 1.807) is 25.3 Å². The number of H-pyrrole nitrogens is 1. The summed E-state index contributed by atoms with van der Waals surface area (Å²) in [4.78, 5) is 15.8. The van der Waals surface area contributed by atoms with Crippen molar-refractivity contribution in [2.24, 2.45) is 0 Å². The molecule has 1 N–H and O–H groups in total. The van der Waals surface area contributed by atoms with Crippen molar-refractivity contribution in [2.45, 2.75) is 6.92 Å². The highest BCUT2D eigenvalue weighted by Crippen LogP contribution is 2.37. The molecule has 6 heteroatoms. The summed E-state index contributed by atoms with van der Waals surface area (Å²) in [7, 11) is 1.60. The molecule has 26 heavy (non-hydrogen) atoms. The van der Waals surface area contributed by atoms with E-state index in [1.807, 2.05) is 37.3 Å². The van der Waals surface area contributed by atoms with E-state index in [-0.39, 0.29) is 5.56 Å². The number of methoxy groups -OCH3 is 1. The van der Waals surface area contributed by atoms with Crippen LogP contribution in [-0.4, -0.2) is 17.3 Å². The van der Waals surface area contributed by atoms with Gasteiger partial charge in [-0.3, -0.25) is 4.79 Å². The van der Waals surface area contributed by atoms with Gasteiger partial charge in [-0.1, -0.05) is 28.9 Å². The van der Waals surface area contributed by atoms with Crippen LogP contribution in [-0.2, 0) is 0 Å². The van der Waals surface area contributed by atoms with Crippen molar-refractivity contribution < 1.29 is 9.26 Å². The SMILES string of the molecule is COc1cccc(-c2c(-c3cc(C)no3)c(=O)[nH]c3ccc(Cl)cc23)c1. The average Bonchev–Trinajstić information content (AvgIpc) is 3.07. The van der Waals surface area contributed by atoms with Crippen molar-refractivity contribution in [3.63, 3.8) is 0 Å². The predicted molar refractivity (Wildman–Crippen MR) is 102 cm³/mol. The minimum atomic E-state index is -0.256. The Morgan fingerprint density at radius 3 is 2.69 bits per heavy atom. The van der Waals surface area contributed by atoms with Crippen LogP contribution in [0.3, 0.4) is 0 Å². The molecule has 0 amide bonds. The van der Waals surface area contributed by atoms with E-state index in [0.717, 1.165) is 16.5 Å². The third kappa shape index (κ3) is 2.76. The van der Waals surface area contributed by atoms with E-state index in [1.165, 1.54) is 0 Å². The lowest BCUT2D eigenvalue weighted by atomic mass is 9.94. The summed E-state index contributed by atoms with van der Waals surface area (Å²) < 4.78 is 10.7. The maximum Gasteiger partial charge on any atom is 0.260 e. The first-order valence-electron chi connectivity index (χ1n) is 8.00. The summed E-state index contributed by atoms with van der Waals surface area (Å²) in [5.74, 6) is 1.10. The van der Waals surface area contributed by atoms with Crippen molar-refractivity contribution in [1.29, 1.82) is 0 Å². The van der Waals surface area contributed by atoms with E-state index in [0.29, 0.717) is 33.3 Å². The number of nitrogens with one attached hydrogen (secondary N) is 1. The van der Waals surface area contributed by atoms with Gasteiger partial charge in [0.15, 0.2) is 5.76 Å². The molecule has 0 fully saturated rings. The summed E-state index contributed by atoms with van der Waals surface area (Å²) >= 11 is 6.23. The van der Waals surface area contributed by atoms with E-state index < -0.39 is 0 Å². The first-order chi connectivity index (χ1) is 12.6. The smallest absolute Gasteiger partial charge is 0.260 e. The van der Waals surface area contributed by atoms with Gasteiger partial charge in [-0.15, -0.1) is 0 Å². The van der Waals surface area contributed by atoms with Gasteiger partial charge in [-0.05, 0) is 42.8 Å². The number of aromatic nitrogens is 2. The first-order valence-corrected chi connectivity index (χ1v) is 8.38. The third-order valence-electron chi connectivity index (χ3n) is 4.21. The number of aryl methyl sites for hydroxylation is 1. The number of rotatable bonds is 3. The molecule has 0 spiro atoms. The number of fused-ring (bicyclic) bond motifs is 1. The second kappa shape index (κ2) is 6.35. The fourth-order valence-corrected chi connectivity index (χ4v) is 3.23. The molecule has 5 nitrogen and oxygen atoms in total. The van der Waals surface area contributed by atoms with Crippen LogP contribution in [0.4, 0.5) is 0 Å². The van der Waals surface area contributed by atoms with Gasteiger partial charge in [0.25, 0.3) is 5.56 Å². The fourth-order valence-electron chi connectivity index (χ4n) is 3.06. The highest BCUT2D eigenvalue weighted by atomic mass is 35.5. The standard InChI is InChI=1S/C20H15ClN2O3/c1-11-8-17(26-23-11)19-18(12-4-3-5-14(9-12)25-2)15-10-13(21)6-7-16(15)22-20(19)24/h3-10H,1-2H3,(H,22,24). The maximum absolute atomic E-state index is 12.9. The van der Waals surface area contributed by atoms with Gasteiger partial charge in [-0.25, -0.2) is 0 Å². The molecule has 0 saturated heterocycles. The Labute approximate surface area is 154 Å². The molecular weight excluding hydrogens is 352 g/mol. The molecule has 4 rings (SSSR count). The lowest BCUT2D eigenvalue weighted by molar-refractivity contribution is 0.415. The Morgan fingerprint density at radius 2 is 1.96 bits per heavy atom. The van der Waals surface area contributed by atoms with Gasteiger partial charge < -0.3 is 14.2 Å². The van der Waals surface area contributed by atoms with Crippen LogP contribution >= 0.6 is 11.6 Å². The summed E-state index contributed by atoms with van der Waals surface area (Å²) in [6.07, 6.45) is 0. The van der Waals surface area contributed by atoms with Gasteiger partial charge in [-0.2, -0.15) is 0 Å². The minimum absolute atomic E-state index is 0.256. The second-order valence-corrected chi connectivity index (χ2v) is 6.39. The topological polar surface area (TPSA) is 68.1 Å². The van der Waals surface area contributed by atoms with E-state index in [4.69, 9.17) is 20.9 Å². The number of hydrogen-bond acceptors (Lipinski definition) is 4. The Hall–Kier alpha value is -3.05. The van der Waals surface area contributed by atoms with Crippen LogP contribution in [0.1, 0.15) is 5.69 Å². The fraction of sp³-hybridized carbons (Fsp3) is 0.100. The molecule has 0 atom stereocenters. The average molecular weight is 367 g/mol. The number of aromatic amines is 1. The molecule has 2 aromatic heterocycles. The lowest BCUT2D eigenvalue weighted by Crippen LogP contribution is -2.11. The van der Waals surface area contributed by atoms with Crippen LogP contribution < -0.4 is 10.3 Å². The molecule has 0 saturated carbocycles. The summed E-state index contributed by atoms with van der Waals surface area (Å²) in [6.45, 7) is 1.81. The molecule has 0 aliphatic rings. The molecule has 130 valence electrons. The number of nitrogens with zero attached hydrogens (tertiary/aromatic N) is 1. The lowest BCUT2D eigenvalue weighted by Gasteiger charge is -2.12. The van der Waals surface area contributed by atoms with Gasteiger partial charge in [0.2, 0.25) is 0 Å². The van der Waals surface area contributed by atoms with Gasteiger partial charge in [0.05, 0.1) is 18.4 Å². The maximum atomic E-state index is 12.9. The zero-order valence-electron chi connectivity index (χ0n) is 14.2. The first kappa shape index (κ1) is 16.4. The Morgan fingerprint density at radius 1 is 1.12 bits per heavy atom. The molecule has 0 bridgehead atoms.